The molecule has 0 aromatic carbocycles. The van der Waals surface area contributed by atoms with Crippen molar-refractivity contribution in [2.45, 2.75) is 47.0 Å². The summed E-state index contributed by atoms with van der Waals surface area (Å²) in [4.78, 5) is 0. The van der Waals surface area contributed by atoms with Crippen LogP contribution in [0.4, 0.5) is 0 Å². The first-order valence-corrected chi connectivity index (χ1v) is 6.03. The van der Waals surface area contributed by atoms with Crippen molar-refractivity contribution in [3.8, 4) is 0 Å². The normalized spacial score (nSPS) is 14.9. The summed E-state index contributed by atoms with van der Waals surface area (Å²) >= 11 is 0. The van der Waals surface area contributed by atoms with Crippen molar-refractivity contribution >= 4 is 0 Å². The van der Waals surface area contributed by atoms with Gasteiger partial charge in [-0.3, -0.25) is 0 Å². The van der Waals surface area contributed by atoms with Gasteiger partial charge in [-0.1, -0.05) is 70.1 Å². The smallest absolute Gasteiger partial charge is 0.0259 e. The van der Waals surface area contributed by atoms with E-state index in [0.29, 0.717) is 5.92 Å². The minimum atomic E-state index is 0.692. The molecule has 1 atom stereocenters. The summed E-state index contributed by atoms with van der Waals surface area (Å²) in [5.74, 6) is 1.53. The van der Waals surface area contributed by atoms with Gasteiger partial charge in [-0.05, 0) is 25.2 Å². The van der Waals surface area contributed by atoms with Gasteiger partial charge in [-0.15, -0.1) is 0 Å². The van der Waals surface area contributed by atoms with E-state index in [0.717, 1.165) is 5.92 Å². The molecule has 0 amide bonds. The van der Waals surface area contributed by atoms with Crippen LogP contribution in [-0.4, -0.2) is 0 Å². The van der Waals surface area contributed by atoms with E-state index in [9.17, 15) is 0 Å². The first kappa shape index (κ1) is 14.2. The molecule has 0 radical (unpaired) electrons. The van der Waals surface area contributed by atoms with Crippen LogP contribution in [0, 0.1) is 11.8 Å². The van der Waals surface area contributed by atoms with Crippen LogP contribution in [0.5, 0.6) is 0 Å². The van der Waals surface area contributed by atoms with Gasteiger partial charge in [0.2, 0.25) is 0 Å². The molecular weight excluding hydrogens is 180 g/mol. The highest BCUT2D eigenvalue weighted by Gasteiger charge is 1.98. The van der Waals surface area contributed by atoms with Crippen molar-refractivity contribution in [3.05, 3.63) is 36.5 Å². The van der Waals surface area contributed by atoms with Gasteiger partial charge < -0.3 is 0 Å². The van der Waals surface area contributed by atoms with E-state index in [2.05, 4.69) is 52.5 Å². The zero-order valence-corrected chi connectivity index (χ0v) is 10.8. The van der Waals surface area contributed by atoms with Gasteiger partial charge in [-0.25, -0.2) is 0 Å². The predicted molar refractivity (Wildman–Crippen MR) is 70.9 cm³/mol. The average Bonchev–Trinajstić information content (AvgIpc) is 2.17. The molecule has 0 heteroatoms. The van der Waals surface area contributed by atoms with Crippen LogP contribution in [0.1, 0.15) is 47.0 Å². The van der Waals surface area contributed by atoms with Gasteiger partial charge in [-0.2, -0.15) is 0 Å². The summed E-state index contributed by atoms with van der Waals surface area (Å²) in [6, 6.07) is 0. The third kappa shape index (κ3) is 9.52. The average molecular weight is 206 g/mol. The molecule has 0 saturated carbocycles. The summed E-state index contributed by atoms with van der Waals surface area (Å²) in [6.07, 6.45) is 12.4. The molecule has 0 aliphatic rings. The fourth-order valence-electron chi connectivity index (χ4n) is 1.41. The van der Waals surface area contributed by atoms with Crippen molar-refractivity contribution in [2.24, 2.45) is 11.8 Å². The number of rotatable bonds is 7. The van der Waals surface area contributed by atoms with Crippen molar-refractivity contribution in [1.29, 1.82) is 0 Å². The molecule has 86 valence electrons. The zero-order chi connectivity index (χ0) is 11.7. The largest absolute Gasteiger partial charge is 0.0988 e. The van der Waals surface area contributed by atoms with Crippen molar-refractivity contribution in [3.63, 3.8) is 0 Å². The van der Waals surface area contributed by atoms with Crippen LogP contribution in [0.15, 0.2) is 36.5 Å². The van der Waals surface area contributed by atoms with Gasteiger partial charge in [0.25, 0.3) is 0 Å². The number of hydrogen-bond donors (Lipinski definition) is 0. The number of allylic oxidation sites excluding steroid dienone is 5. The van der Waals surface area contributed by atoms with Crippen molar-refractivity contribution < 1.29 is 0 Å². The van der Waals surface area contributed by atoms with Gasteiger partial charge >= 0.3 is 0 Å². The summed E-state index contributed by atoms with van der Waals surface area (Å²) < 4.78 is 0. The lowest BCUT2D eigenvalue weighted by molar-refractivity contribution is 0.502. The molecular formula is C15H26. The summed E-state index contributed by atoms with van der Waals surface area (Å²) in [5, 5.41) is 0. The van der Waals surface area contributed by atoms with Crippen LogP contribution in [-0.2, 0) is 0 Å². The van der Waals surface area contributed by atoms with E-state index in [-0.39, 0.29) is 0 Å². The molecule has 0 nitrogen and oxygen atoms in total. The molecule has 0 bridgehead atoms. The highest BCUT2D eigenvalue weighted by molar-refractivity contribution is 5.19. The quantitative estimate of drug-likeness (QED) is 0.506. The van der Waals surface area contributed by atoms with Gasteiger partial charge in [0.05, 0.1) is 0 Å². The fraction of sp³-hybridized carbons (Fsp3) is 0.600. The lowest BCUT2D eigenvalue weighted by Gasteiger charge is -2.07. The van der Waals surface area contributed by atoms with Crippen LogP contribution in [0.25, 0.3) is 0 Å². The van der Waals surface area contributed by atoms with Gasteiger partial charge in [0.1, 0.15) is 0 Å². The number of hydrogen-bond acceptors (Lipinski definition) is 0. The fourth-order valence-corrected chi connectivity index (χ4v) is 1.41. The lowest BCUT2D eigenvalue weighted by atomic mass is 9.99. The predicted octanol–water partition coefficient (Wildman–Crippen LogP) is 5.14. The highest BCUT2D eigenvalue weighted by atomic mass is 14.0. The standard InChI is InChI=1S/C15H26/c1-6-14(4)10-8-12-15(5)11-7-9-13(2)3/h6,8,10,12-13,15H,1,7,9,11H2,2-5H3/b12-8+,14-10-. The topological polar surface area (TPSA) is 0 Å². The monoisotopic (exact) mass is 206 g/mol. The van der Waals surface area contributed by atoms with E-state index < -0.39 is 0 Å². The van der Waals surface area contributed by atoms with Gasteiger partial charge in [0.15, 0.2) is 0 Å². The Morgan fingerprint density at radius 3 is 2.40 bits per heavy atom. The molecule has 0 saturated heterocycles. The Morgan fingerprint density at radius 2 is 1.87 bits per heavy atom. The first-order chi connectivity index (χ1) is 7.06. The molecule has 0 aliphatic heterocycles. The van der Waals surface area contributed by atoms with E-state index in [1.165, 1.54) is 24.8 Å². The molecule has 0 aliphatic carbocycles. The van der Waals surface area contributed by atoms with E-state index in [4.69, 9.17) is 0 Å². The highest BCUT2D eigenvalue weighted by Crippen LogP contribution is 2.13. The van der Waals surface area contributed by atoms with Crippen LogP contribution >= 0.6 is 0 Å². The molecule has 0 aromatic rings. The second kappa shape index (κ2) is 8.52. The Labute approximate surface area is 95.8 Å². The Balaban J connectivity index is 3.73. The van der Waals surface area contributed by atoms with Crippen LogP contribution < -0.4 is 0 Å². The molecule has 1 unspecified atom stereocenters. The maximum atomic E-state index is 3.73. The molecule has 0 rings (SSSR count). The first-order valence-electron chi connectivity index (χ1n) is 6.03. The van der Waals surface area contributed by atoms with Crippen LogP contribution in [0.3, 0.4) is 0 Å². The minimum Gasteiger partial charge on any atom is -0.0988 e. The maximum absolute atomic E-state index is 3.73. The lowest BCUT2D eigenvalue weighted by Crippen LogP contribution is -1.92. The van der Waals surface area contributed by atoms with E-state index in [1.54, 1.807) is 0 Å². The minimum absolute atomic E-state index is 0.692. The van der Waals surface area contributed by atoms with Crippen molar-refractivity contribution in [1.82, 2.24) is 0 Å². The SMILES string of the molecule is C=C/C(C)=C\C=C\C(C)CCCC(C)C. The zero-order valence-electron chi connectivity index (χ0n) is 10.8. The van der Waals surface area contributed by atoms with E-state index in [1.807, 2.05) is 6.08 Å². The molecule has 0 heterocycles. The third-order valence-electron chi connectivity index (χ3n) is 2.56. The summed E-state index contributed by atoms with van der Waals surface area (Å²) in [5.41, 5.74) is 1.22. The Morgan fingerprint density at radius 1 is 1.20 bits per heavy atom. The summed E-state index contributed by atoms with van der Waals surface area (Å²) in [7, 11) is 0. The van der Waals surface area contributed by atoms with Crippen LogP contribution in [0.2, 0.25) is 0 Å². The van der Waals surface area contributed by atoms with Crippen molar-refractivity contribution in [2.75, 3.05) is 0 Å². The summed E-state index contributed by atoms with van der Waals surface area (Å²) in [6.45, 7) is 12.7. The third-order valence-corrected chi connectivity index (χ3v) is 2.56. The maximum Gasteiger partial charge on any atom is -0.0259 e. The van der Waals surface area contributed by atoms with Gasteiger partial charge in [0, 0.05) is 0 Å². The Bertz CT molecular complexity index is 218. The Hall–Kier alpha value is -0.780. The second-order valence-corrected chi connectivity index (χ2v) is 4.80. The molecule has 0 aromatic heterocycles. The molecule has 15 heavy (non-hydrogen) atoms. The van der Waals surface area contributed by atoms with E-state index >= 15 is 0 Å². The Kier molecular flexibility index (Phi) is 8.08. The molecule has 0 N–H and O–H groups in total. The molecule has 0 fully saturated rings. The molecule has 0 spiro atoms. The second-order valence-electron chi connectivity index (χ2n) is 4.80.